The molecule has 2 rings (SSSR count). The van der Waals surface area contributed by atoms with Gasteiger partial charge in [0, 0.05) is 5.69 Å². The highest BCUT2D eigenvalue weighted by Gasteiger charge is 2.06. The van der Waals surface area contributed by atoms with Gasteiger partial charge in [-0.25, -0.2) is 4.79 Å². The summed E-state index contributed by atoms with van der Waals surface area (Å²) in [6.45, 7) is 0. The molecule has 0 aliphatic heterocycles. The number of hydrogen-bond donors (Lipinski definition) is 2. The zero-order valence-electron chi connectivity index (χ0n) is 13.3. The number of rotatable bonds is 5. The summed E-state index contributed by atoms with van der Waals surface area (Å²) in [5.74, 6) is 0.373. The number of nitrogens with zero attached hydrogens (tertiary/aromatic N) is 1. The Bertz CT molecular complexity index is 745. The number of ether oxygens (including phenoxy) is 2. The van der Waals surface area contributed by atoms with Gasteiger partial charge in [0.05, 0.1) is 26.0 Å². The highest BCUT2D eigenvalue weighted by Crippen LogP contribution is 2.12. The molecule has 0 aromatic heterocycles. The number of esters is 1. The van der Waals surface area contributed by atoms with Gasteiger partial charge in [-0.3, -0.25) is 5.43 Å². The average molecular weight is 343 g/mol. The number of carbonyl (C=O) groups excluding carboxylic acids is 1. The van der Waals surface area contributed by atoms with Gasteiger partial charge in [0.1, 0.15) is 5.75 Å². The van der Waals surface area contributed by atoms with E-state index in [-0.39, 0.29) is 0 Å². The minimum atomic E-state index is -0.407. The maximum absolute atomic E-state index is 11.5. The maximum atomic E-state index is 11.5. The Morgan fingerprint density at radius 1 is 1.17 bits per heavy atom. The number of thiocarbonyl (C=S) groups is 1. The smallest absolute Gasteiger partial charge is 0.337 e. The van der Waals surface area contributed by atoms with Crippen LogP contribution in [-0.4, -0.2) is 31.5 Å². The van der Waals surface area contributed by atoms with Gasteiger partial charge in [-0.1, -0.05) is 6.07 Å². The summed E-state index contributed by atoms with van der Waals surface area (Å²) < 4.78 is 9.77. The van der Waals surface area contributed by atoms with Gasteiger partial charge in [0.15, 0.2) is 5.11 Å². The molecule has 6 nitrogen and oxygen atoms in total. The predicted molar refractivity (Wildman–Crippen MR) is 97.7 cm³/mol. The summed E-state index contributed by atoms with van der Waals surface area (Å²) in [6, 6.07) is 14.3. The van der Waals surface area contributed by atoms with Crippen LogP contribution in [0.1, 0.15) is 15.9 Å². The van der Waals surface area contributed by atoms with Crippen molar-refractivity contribution in [2.45, 2.75) is 0 Å². The first-order chi connectivity index (χ1) is 11.6. The van der Waals surface area contributed by atoms with E-state index in [1.54, 1.807) is 37.6 Å². The fourth-order valence-electron chi connectivity index (χ4n) is 1.86. The summed E-state index contributed by atoms with van der Waals surface area (Å²) in [6.07, 6.45) is 1.64. The van der Waals surface area contributed by atoms with Crippen LogP contribution >= 0.6 is 12.2 Å². The molecule has 0 aliphatic rings. The van der Waals surface area contributed by atoms with Crippen molar-refractivity contribution >= 4 is 35.2 Å². The van der Waals surface area contributed by atoms with Crippen LogP contribution in [0.5, 0.6) is 5.75 Å². The Balaban J connectivity index is 1.90. The number of nitrogens with one attached hydrogen (secondary N) is 2. The summed E-state index contributed by atoms with van der Waals surface area (Å²) in [4.78, 5) is 11.5. The van der Waals surface area contributed by atoms with Gasteiger partial charge in [0.25, 0.3) is 0 Å². The predicted octanol–water partition coefficient (Wildman–Crippen LogP) is 2.80. The van der Waals surface area contributed by atoms with E-state index in [1.807, 2.05) is 24.3 Å². The van der Waals surface area contributed by atoms with E-state index >= 15 is 0 Å². The average Bonchev–Trinajstić information content (AvgIpc) is 2.61. The first kappa shape index (κ1) is 17.4. The van der Waals surface area contributed by atoms with Gasteiger partial charge in [0.2, 0.25) is 0 Å². The number of methoxy groups -OCH3 is 2. The lowest BCUT2D eigenvalue weighted by molar-refractivity contribution is 0.0601. The zero-order valence-corrected chi connectivity index (χ0v) is 14.1. The van der Waals surface area contributed by atoms with Gasteiger partial charge >= 0.3 is 5.97 Å². The Kier molecular flexibility index (Phi) is 6.27. The second kappa shape index (κ2) is 8.64. The number of hydrogen-bond acceptors (Lipinski definition) is 5. The molecule has 2 aromatic carbocycles. The Morgan fingerprint density at radius 2 is 1.92 bits per heavy atom. The molecule has 124 valence electrons. The van der Waals surface area contributed by atoms with E-state index in [0.717, 1.165) is 11.3 Å². The molecule has 0 spiro atoms. The minimum Gasteiger partial charge on any atom is -0.497 e. The fraction of sp³-hybridized carbons (Fsp3) is 0.118. The molecule has 0 bridgehead atoms. The third kappa shape index (κ3) is 5.06. The lowest BCUT2D eigenvalue weighted by Gasteiger charge is -2.08. The minimum absolute atomic E-state index is 0.307. The normalized spacial score (nSPS) is 10.2. The molecule has 2 N–H and O–H groups in total. The SMILES string of the molecule is COC(=O)c1cccc(NC(=S)NN=Cc2ccc(OC)cc2)c1. The van der Waals surface area contributed by atoms with Crippen LogP contribution in [0.4, 0.5) is 5.69 Å². The van der Waals surface area contributed by atoms with Crippen LogP contribution in [0.15, 0.2) is 53.6 Å². The van der Waals surface area contributed by atoms with Crippen molar-refractivity contribution in [2.24, 2.45) is 5.10 Å². The van der Waals surface area contributed by atoms with Crippen molar-refractivity contribution < 1.29 is 14.3 Å². The standard InChI is InChI=1S/C17H17N3O3S/c1-22-15-8-6-12(7-9-15)11-18-20-17(24)19-14-5-3-4-13(10-14)16(21)23-2/h3-11H,1-2H3,(H2,19,20,24). The van der Waals surface area contributed by atoms with E-state index in [2.05, 4.69) is 20.6 Å². The van der Waals surface area contributed by atoms with E-state index in [0.29, 0.717) is 16.4 Å². The third-order valence-electron chi connectivity index (χ3n) is 3.04. The topological polar surface area (TPSA) is 72.0 Å². The number of hydrazone groups is 1. The van der Waals surface area contributed by atoms with Gasteiger partial charge in [-0.2, -0.15) is 5.10 Å². The molecule has 0 amide bonds. The second-order valence-electron chi connectivity index (χ2n) is 4.67. The van der Waals surface area contributed by atoms with Crippen molar-refractivity contribution in [2.75, 3.05) is 19.5 Å². The largest absolute Gasteiger partial charge is 0.497 e. The maximum Gasteiger partial charge on any atom is 0.337 e. The molecule has 0 unspecified atom stereocenters. The first-order valence-corrected chi connectivity index (χ1v) is 7.45. The summed E-state index contributed by atoms with van der Waals surface area (Å²) >= 11 is 5.16. The second-order valence-corrected chi connectivity index (χ2v) is 5.08. The van der Waals surface area contributed by atoms with Crippen molar-refractivity contribution in [3.63, 3.8) is 0 Å². The quantitative estimate of drug-likeness (QED) is 0.376. The molecule has 0 heterocycles. The Hall–Kier alpha value is -2.93. The molecule has 0 saturated heterocycles. The summed E-state index contributed by atoms with van der Waals surface area (Å²) in [7, 11) is 2.95. The molecule has 2 aromatic rings. The number of anilines is 1. The number of benzene rings is 2. The molecule has 24 heavy (non-hydrogen) atoms. The monoisotopic (exact) mass is 343 g/mol. The van der Waals surface area contributed by atoms with Crippen LogP contribution < -0.4 is 15.5 Å². The van der Waals surface area contributed by atoms with Crippen LogP contribution in [-0.2, 0) is 4.74 Å². The van der Waals surface area contributed by atoms with Crippen molar-refractivity contribution in [3.05, 3.63) is 59.7 Å². The van der Waals surface area contributed by atoms with Crippen molar-refractivity contribution in [1.82, 2.24) is 5.43 Å². The van der Waals surface area contributed by atoms with E-state index in [4.69, 9.17) is 17.0 Å². The molecule has 0 saturated carbocycles. The van der Waals surface area contributed by atoms with Crippen LogP contribution in [0.2, 0.25) is 0 Å². The fourth-order valence-corrected chi connectivity index (χ4v) is 2.03. The molecule has 0 fully saturated rings. The summed E-state index contributed by atoms with van der Waals surface area (Å²) in [5, 5.41) is 7.31. The van der Waals surface area contributed by atoms with Crippen molar-refractivity contribution in [3.8, 4) is 5.75 Å². The van der Waals surface area contributed by atoms with Crippen LogP contribution in [0.25, 0.3) is 0 Å². The lowest BCUT2D eigenvalue weighted by atomic mass is 10.2. The molecule has 0 atom stereocenters. The molecule has 0 aliphatic carbocycles. The summed E-state index contributed by atoms with van der Waals surface area (Å²) in [5.41, 5.74) is 4.71. The first-order valence-electron chi connectivity index (χ1n) is 7.05. The molecule has 0 radical (unpaired) electrons. The zero-order chi connectivity index (χ0) is 17.4. The Morgan fingerprint density at radius 3 is 2.58 bits per heavy atom. The van der Waals surface area contributed by atoms with E-state index in [1.165, 1.54) is 7.11 Å². The highest BCUT2D eigenvalue weighted by atomic mass is 32.1. The highest BCUT2D eigenvalue weighted by molar-refractivity contribution is 7.80. The van der Waals surface area contributed by atoms with Crippen molar-refractivity contribution in [1.29, 1.82) is 0 Å². The Labute approximate surface area is 145 Å². The number of carbonyl (C=O) groups is 1. The van der Waals surface area contributed by atoms with Crippen LogP contribution in [0, 0.1) is 0 Å². The molecule has 7 heteroatoms. The lowest BCUT2D eigenvalue weighted by Crippen LogP contribution is -2.24. The molecular formula is C17H17N3O3S. The van der Waals surface area contributed by atoms with E-state index in [9.17, 15) is 4.79 Å². The van der Waals surface area contributed by atoms with Gasteiger partial charge < -0.3 is 14.8 Å². The van der Waals surface area contributed by atoms with E-state index < -0.39 is 5.97 Å². The molecular weight excluding hydrogens is 326 g/mol. The third-order valence-corrected chi connectivity index (χ3v) is 3.23. The van der Waals surface area contributed by atoms with Gasteiger partial charge in [-0.05, 0) is 60.2 Å². The van der Waals surface area contributed by atoms with Gasteiger partial charge in [-0.15, -0.1) is 0 Å². The van der Waals surface area contributed by atoms with Crippen LogP contribution in [0.3, 0.4) is 0 Å².